The highest BCUT2D eigenvalue weighted by Crippen LogP contribution is 2.43. The van der Waals surface area contributed by atoms with E-state index in [1.807, 2.05) is 0 Å². The van der Waals surface area contributed by atoms with Crippen molar-refractivity contribution in [1.82, 2.24) is 0 Å². The van der Waals surface area contributed by atoms with Gasteiger partial charge in [-0.1, -0.05) is 44.9 Å². The number of hydrogen-bond acceptors (Lipinski definition) is 3. The van der Waals surface area contributed by atoms with Gasteiger partial charge in [0.15, 0.2) is 0 Å². The van der Waals surface area contributed by atoms with Crippen LogP contribution in [0.2, 0.25) is 0 Å². The molecule has 0 aliphatic carbocycles. The van der Waals surface area contributed by atoms with Crippen molar-refractivity contribution in [2.45, 2.75) is 39.5 Å². The van der Waals surface area contributed by atoms with E-state index in [1.165, 1.54) is 37.1 Å². The maximum Gasteiger partial charge on any atom is 0.121 e. The lowest BCUT2D eigenvalue weighted by molar-refractivity contribution is 0.274. The molecule has 0 amide bonds. The molecule has 1 heterocycles. The van der Waals surface area contributed by atoms with Gasteiger partial charge in [-0.2, -0.15) is 0 Å². The Bertz CT molecular complexity index is 686. The maximum absolute atomic E-state index is 5.45. The predicted octanol–water partition coefficient (Wildman–Crippen LogP) is 5.85. The first-order chi connectivity index (χ1) is 12.2. The van der Waals surface area contributed by atoms with E-state index in [1.54, 1.807) is 7.11 Å². The van der Waals surface area contributed by atoms with Gasteiger partial charge in [0.1, 0.15) is 5.75 Å². The van der Waals surface area contributed by atoms with Crippen molar-refractivity contribution in [1.29, 1.82) is 0 Å². The van der Waals surface area contributed by atoms with Crippen molar-refractivity contribution in [2.24, 2.45) is 5.41 Å². The number of rotatable bonds is 6. The maximum atomic E-state index is 5.45. The molecule has 3 heteroatoms. The quantitative estimate of drug-likeness (QED) is 0.715. The van der Waals surface area contributed by atoms with Gasteiger partial charge < -0.3 is 15.0 Å². The van der Waals surface area contributed by atoms with E-state index in [0.717, 1.165) is 24.5 Å². The lowest BCUT2D eigenvalue weighted by Crippen LogP contribution is -2.38. The van der Waals surface area contributed by atoms with Crippen LogP contribution in [0, 0.1) is 5.41 Å². The van der Waals surface area contributed by atoms with Crippen molar-refractivity contribution >= 4 is 17.1 Å². The van der Waals surface area contributed by atoms with Crippen LogP contribution in [0.1, 0.15) is 39.5 Å². The van der Waals surface area contributed by atoms with E-state index in [2.05, 4.69) is 72.6 Å². The minimum atomic E-state index is 0.276. The average molecular weight is 338 g/mol. The van der Waals surface area contributed by atoms with Gasteiger partial charge in [0.25, 0.3) is 0 Å². The van der Waals surface area contributed by atoms with Gasteiger partial charge >= 0.3 is 0 Å². The van der Waals surface area contributed by atoms with Crippen molar-refractivity contribution in [3.63, 3.8) is 0 Å². The Labute approximate surface area is 152 Å². The monoisotopic (exact) mass is 338 g/mol. The first kappa shape index (κ1) is 17.7. The molecule has 0 aromatic heterocycles. The Kier molecular flexibility index (Phi) is 5.52. The molecule has 1 atom stereocenters. The third-order valence-corrected chi connectivity index (χ3v) is 5.52. The molecule has 0 bridgehead atoms. The highest BCUT2D eigenvalue weighted by atomic mass is 16.5. The van der Waals surface area contributed by atoms with Crippen LogP contribution >= 0.6 is 0 Å². The number of fused-ring (bicyclic) bond motifs is 1. The van der Waals surface area contributed by atoms with Crippen LogP contribution in [0.3, 0.4) is 0 Å². The van der Waals surface area contributed by atoms with Crippen molar-refractivity contribution < 1.29 is 4.74 Å². The fraction of sp³-hybridized carbons (Fsp3) is 0.455. The number of benzene rings is 2. The topological polar surface area (TPSA) is 24.5 Å². The van der Waals surface area contributed by atoms with E-state index in [-0.39, 0.29) is 5.41 Å². The Hall–Kier alpha value is -2.16. The Morgan fingerprint density at radius 1 is 1.12 bits per heavy atom. The summed E-state index contributed by atoms with van der Waals surface area (Å²) in [5.74, 6) is 0.900. The molecule has 1 unspecified atom stereocenters. The van der Waals surface area contributed by atoms with Crippen LogP contribution in [0.15, 0.2) is 48.5 Å². The SMILES string of the molecule is CCCCC1(CC)CNc2cc(OC)ccc2N(c2ccccc2)C1. The summed E-state index contributed by atoms with van der Waals surface area (Å²) >= 11 is 0. The van der Waals surface area contributed by atoms with E-state index < -0.39 is 0 Å². The molecule has 0 fully saturated rings. The molecule has 2 aromatic carbocycles. The van der Waals surface area contributed by atoms with Crippen molar-refractivity contribution in [3.8, 4) is 5.75 Å². The van der Waals surface area contributed by atoms with Gasteiger partial charge in [-0.15, -0.1) is 0 Å². The molecule has 1 aliphatic rings. The zero-order chi connectivity index (χ0) is 17.7. The predicted molar refractivity (Wildman–Crippen MR) is 107 cm³/mol. The fourth-order valence-electron chi connectivity index (χ4n) is 3.75. The molecule has 1 N–H and O–H groups in total. The van der Waals surface area contributed by atoms with Crippen LogP contribution in [-0.2, 0) is 0 Å². The van der Waals surface area contributed by atoms with E-state index in [0.29, 0.717) is 0 Å². The molecule has 0 radical (unpaired) electrons. The third-order valence-electron chi connectivity index (χ3n) is 5.52. The summed E-state index contributed by atoms with van der Waals surface area (Å²) in [6, 6.07) is 17.1. The molecule has 0 spiro atoms. The zero-order valence-corrected chi connectivity index (χ0v) is 15.7. The summed E-state index contributed by atoms with van der Waals surface area (Å²) in [6.07, 6.45) is 4.95. The van der Waals surface area contributed by atoms with Crippen LogP contribution < -0.4 is 15.0 Å². The largest absolute Gasteiger partial charge is 0.497 e. The molecule has 3 nitrogen and oxygen atoms in total. The fourth-order valence-corrected chi connectivity index (χ4v) is 3.75. The molecule has 0 saturated heterocycles. The second kappa shape index (κ2) is 7.81. The summed E-state index contributed by atoms with van der Waals surface area (Å²) in [6.45, 7) is 6.66. The van der Waals surface area contributed by atoms with Crippen LogP contribution in [0.25, 0.3) is 0 Å². The minimum absolute atomic E-state index is 0.276. The minimum Gasteiger partial charge on any atom is -0.497 e. The Balaban J connectivity index is 2.04. The molecule has 0 saturated carbocycles. The molecule has 2 aromatic rings. The molecule has 134 valence electrons. The summed E-state index contributed by atoms with van der Waals surface area (Å²) in [5.41, 5.74) is 3.93. The summed E-state index contributed by atoms with van der Waals surface area (Å²) in [4.78, 5) is 2.48. The number of nitrogens with one attached hydrogen (secondary N) is 1. The average Bonchev–Trinajstić information content (AvgIpc) is 2.84. The van der Waals surface area contributed by atoms with Gasteiger partial charge in [0, 0.05) is 30.3 Å². The highest BCUT2D eigenvalue weighted by molar-refractivity contribution is 5.78. The summed E-state index contributed by atoms with van der Waals surface area (Å²) in [7, 11) is 1.73. The van der Waals surface area contributed by atoms with Gasteiger partial charge in [0.05, 0.1) is 18.5 Å². The van der Waals surface area contributed by atoms with E-state index >= 15 is 0 Å². The normalized spacial score (nSPS) is 19.7. The summed E-state index contributed by atoms with van der Waals surface area (Å²) < 4.78 is 5.45. The molecular formula is C22H30N2O. The Morgan fingerprint density at radius 2 is 1.92 bits per heavy atom. The van der Waals surface area contributed by atoms with Crippen molar-refractivity contribution in [2.75, 3.05) is 30.4 Å². The lowest BCUT2D eigenvalue weighted by Gasteiger charge is -2.36. The number of anilines is 3. The molecule has 25 heavy (non-hydrogen) atoms. The second-order valence-electron chi connectivity index (χ2n) is 7.12. The molecule has 3 rings (SSSR count). The lowest BCUT2D eigenvalue weighted by atomic mass is 9.79. The highest BCUT2D eigenvalue weighted by Gasteiger charge is 2.34. The number of hydrogen-bond donors (Lipinski definition) is 1. The number of nitrogens with zero attached hydrogens (tertiary/aromatic N) is 1. The number of unbranched alkanes of at least 4 members (excludes halogenated alkanes) is 1. The third kappa shape index (κ3) is 3.76. The van der Waals surface area contributed by atoms with Crippen LogP contribution in [0.4, 0.5) is 17.1 Å². The zero-order valence-electron chi connectivity index (χ0n) is 15.7. The molecule has 1 aliphatic heterocycles. The standard InChI is InChI=1S/C22H30N2O/c1-4-6-14-22(5-2)16-23-20-15-19(25-3)12-13-21(20)24(17-22)18-10-8-7-9-11-18/h7-13,15,23H,4-6,14,16-17H2,1-3H3. The van der Waals surface area contributed by atoms with Gasteiger partial charge in [0.2, 0.25) is 0 Å². The summed E-state index contributed by atoms with van der Waals surface area (Å²) in [5, 5.41) is 3.73. The number of para-hydroxylation sites is 1. The van der Waals surface area contributed by atoms with Crippen LogP contribution in [-0.4, -0.2) is 20.2 Å². The second-order valence-corrected chi connectivity index (χ2v) is 7.12. The van der Waals surface area contributed by atoms with Gasteiger partial charge in [-0.25, -0.2) is 0 Å². The van der Waals surface area contributed by atoms with Gasteiger partial charge in [-0.05, 0) is 37.1 Å². The smallest absolute Gasteiger partial charge is 0.121 e. The first-order valence-corrected chi connectivity index (χ1v) is 9.46. The number of methoxy groups -OCH3 is 1. The molecular weight excluding hydrogens is 308 g/mol. The number of ether oxygens (including phenoxy) is 1. The first-order valence-electron chi connectivity index (χ1n) is 9.46. The van der Waals surface area contributed by atoms with Crippen molar-refractivity contribution in [3.05, 3.63) is 48.5 Å². The van der Waals surface area contributed by atoms with E-state index in [4.69, 9.17) is 4.74 Å². The van der Waals surface area contributed by atoms with Crippen LogP contribution in [0.5, 0.6) is 5.75 Å². The Morgan fingerprint density at radius 3 is 2.60 bits per heavy atom. The van der Waals surface area contributed by atoms with E-state index in [9.17, 15) is 0 Å². The van der Waals surface area contributed by atoms with Gasteiger partial charge in [-0.3, -0.25) is 0 Å².